The molecule has 0 saturated carbocycles. The van der Waals surface area contributed by atoms with Crippen LogP contribution >= 0.6 is 0 Å². The second-order valence-electron chi connectivity index (χ2n) is 6.87. The van der Waals surface area contributed by atoms with Gasteiger partial charge in [-0.15, -0.1) is 0 Å². The minimum absolute atomic E-state index is 0.234. The number of nitrogens with one attached hydrogen (secondary N) is 1. The highest BCUT2D eigenvalue weighted by molar-refractivity contribution is 7.89. The third-order valence-corrected chi connectivity index (χ3v) is 6.57. The van der Waals surface area contributed by atoms with Crippen LogP contribution in [0.5, 0.6) is 0 Å². The zero-order chi connectivity index (χ0) is 18.7. The van der Waals surface area contributed by atoms with E-state index in [2.05, 4.69) is 19.2 Å². The van der Waals surface area contributed by atoms with Crippen molar-refractivity contribution in [1.82, 2.24) is 4.31 Å². The third kappa shape index (κ3) is 3.97. The van der Waals surface area contributed by atoms with E-state index in [-0.39, 0.29) is 10.8 Å². The normalized spacial score (nSPS) is 15.3. The highest BCUT2D eigenvalue weighted by atomic mass is 32.2. The molecule has 6 heteroatoms. The molecule has 1 amide bonds. The Labute approximate surface area is 155 Å². The van der Waals surface area contributed by atoms with Crippen molar-refractivity contribution < 1.29 is 13.2 Å². The molecular formula is C20H24N2O3S. The van der Waals surface area contributed by atoms with Gasteiger partial charge in [0.2, 0.25) is 10.0 Å². The SMILES string of the molecule is CC(C)c1ccc(NC(=O)c2ccc(S(=O)(=O)N3CCCC3)cc2)cc1. The summed E-state index contributed by atoms with van der Waals surface area (Å²) >= 11 is 0. The number of sulfonamides is 1. The van der Waals surface area contributed by atoms with E-state index in [1.165, 1.54) is 22.0 Å². The molecule has 3 rings (SSSR count). The summed E-state index contributed by atoms with van der Waals surface area (Å²) in [5.74, 6) is 0.178. The van der Waals surface area contributed by atoms with Gasteiger partial charge in [-0.25, -0.2) is 8.42 Å². The van der Waals surface area contributed by atoms with E-state index in [0.29, 0.717) is 30.3 Å². The molecule has 1 aliphatic heterocycles. The lowest BCUT2D eigenvalue weighted by molar-refractivity contribution is 0.102. The molecule has 2 aromatic rings. The lowest BCUT2D eigenvalue weighted by Crippen LogP contribution is -2.27. The van der Waals surface area contributed by atoms with Crippen LogP contribution in [0.1, 0.15) is 48.5 Å². The van der Waals surface area contributed by atoms with Crippen LogP contribution in [0.4, 0.5) is 5.69 Å². The van der Waals surface area contributed by atoms with Crippen LogP contribution in [0.3, 0.4) is 0 Å². The molecule has 0 spiro atoms. The predicted octanol–water partition coefficient (Wildman–Crippen LogP) is 3.85. The smallest absolute Gasteiger partial charge is 0.255 e. The molecule has 5 nitrogen and oxygen atoms in total. The van der Waals surface area contributed by atoms with Crippen molar-refractivity contribution in [3.63, 3.8) is 0 Å². The Balaban J connectivity index is 1.70. The van der Waals surface area contributed by atoms with Gasteiger partial charge in [0.15, 0.2) is 0 Å². The lowest BCUT2D eigenvalue weighted by atomic mass is 10.0. The summed E-state index contributed by atoms with van der Waals surface area (Å²) in [7, 11) is -3.45. The van der Waals surface area contributed by atoms with Gasteiger partial charge in [-0.1, -0.05) is 26.0 Å². The molecule has 0 radical (unpaired) electrons. The first-order valence-corrected chi connectivity index (χ1v) is 10.3. The summed E-state index contributed by atoms with van der Waals surface area (Å²) in [5, 5.41) is 2.84. The second kappa shape index (κ2) is 7.60. The van der Waals surface area contributed by atoms with E-state index < -0.39 is 10.0 Å². The molecule has 0 aromatic heterocycles. The van der Waals surface area contributed by atoms with Crippen LogP contribution in [0.15, 0.2) is 53.4 Å². The maximum Gasteiger partial charge on any atom is 0.255 e. The molecule has 1 fully saturated rings. The van der Waals surface area contributed by atoms with Gasteiger partial charge in [0.25, 0.3) is 5.91 Å². The number of hydrogen-bond acceptors (Lipinski definition) is 3. The molecule has 2 aromatic carbocycles. The molecule has 1 N–H and O–H groups in total. The first kappa shape index (κ1) is 18.6. The molecule has 1 aliphatic rings. The minimum Gasteiger partial charge on any atom is -0.322 e. The summed E-state index contributed by atoms with van der Waals surface area (Å²) in [4.78, 5) is 12.6. The van der Waals surface area contributed by atoms with Crippen LogP contribution in [-0.4, -0.2) is 31.7 Å². The number of carbonyl (C=O) groups is 1. The average molecular weight is 372 g/mol. The molecule has 0 atom stereocenters. The first-order chi connectivity index (χ1) is 12.4. The maximum absolute atomic E-state index is 12.5. The van der Waals surface area contributed by atoms with E-state index in [1.807, 2.05) is 24.3 Å². The molecular weight excluding hydrogens is 348 g/mol. The Kier molecular flexibility index (Phi) is 5.44. The van der Waals surface area contributed by atoms with Gasteiger partial charge >= 0.3 is 0 Å². The fourth-order valence-electron chi connectivity index (χ4n) is 3.01. The monoisotopic (exact) mass is 372 g/mol. The van der Waals surface area contributed by atoms with Crippen molar-refractivity contribution in [2.24, 2.45) is 0 Å². The van der Waals surface area contributed by atoms with Crippen LogP contribution in [0.2, 0.25) is 0 Å². The molecule has 26 heavy (non-hydrogen) atoms. The fraction of sp³-hybridized carbons (Fsp3) is 0.350. The Bertz CT molecular complexity index is 866. The van der Waals surface area contributed by atoms with Crippen molar-refractivity contribution in [2.45, 2.75) is 37.5 Å². The van der Waals surface area contributed by atoms with Gasteiger partial charge < -0.3 is 5.32 Å². The standard InChI is InChI=1S/C20H24N2O3S/c1-15(2)16-5-9-18(10-6-16)21-20(23)17-7-11-19(12-8-17)26(24,25)22-13-3-4-14-22/h5-12,15H,3-4,13-14H2,1-2H3,(H,21,23). The summed E-state index contributed by atoms with van der Waals surface area (Å²) in [6.45, 7) is 5.37. The van der Waals surface area contributed by atoms with Crippen LogP contribution in [-0.2, 0) is 10.0 Å². The number of benzene rings is 2. The Morgan fingerprint density at radius 1 is 0.962 bits per heavy atom. The van der Waals surface area contributed by atoms with Gasteiger partial charge in [-0.2, -0.15) is 4.31 Å². The van der Waals surface area contributed by atoms with E-state index in [9.17, 15) is 13.2 Å². The second-order valence-corrected chi connectivity index (χ2v) is 8.80. The highest BCUT2D eigenvalue weighted by Gasteiger charge is 2.27. The molecule has 138 valence electrons. The number of amides is 1. The Morgan fingerprint density at radius 2 is 1.54 bits per heavy atom. The Morgan fingerprint density at radius 3 is 2.08 bits per heavy atom. The zero-order valence-corrected chi connectivity index (χ0v) is 15.9. The van der Waals surface area contributed by atoms with Gasteiger partial charge in [-0.3, -0.25) is 4.79 Å². The lowest BCUT2D eigenvalue weighted by Gasteiger charge is -2.15. The molecule has 1 saturated heterocycles. The fourth-order valence-corrected chi connectivity index (χ4v) is 4.53. The van der Waals surface area contributed by atoms with Gasteiger partial charge in [-0.05, 0) is 60.7 Å². The molecule has 0 bridgehead atoms. The third-order valence-electron chi connectivity index (χ3n) is 4.65. The number of hydrogen-bond donors (Lipinski definition) is 1. The first-order valence-electron chi connectivity index (χ1n) is 8.89. The van der Waals surface area contributed by atoms with Crippen LogP contribution < -0.4 is 5.32 Å². The van der Waals surface area contributed by atoms with E-state index in [0.717, 1.165) is 12.8 Å². The number of nitrogens with zero attached hydrogens (tertiary/aromatic N) is 1. The van der Waals surface area contributed by atoms with Crippen molar-refractivity contribution in [3.05, 3.63) is 59.7 Å². The molecule has 0 unspecified atom stereocenters. The van der Waals surface area contributed by atoms with Gasteiger partial charge in [0, 0.05) is 24.3 Å². The summed E-state index contributed by atoms with van der Waals surface area (Å²) in [6.07, 6.45) is 1.80. The maximum atomic E-state index is 12.5. The van der Waals surface area contributed by atoms with Gasteiger partial charge in [0.05, 0.1) is 4.90 Å². The predicted molar refractivity (Wildman–Crippen MR) is 103 cm³/mol. The largest absolute Gasteiger partial charge is 0.322 e. The van der Waals surface area contributed by atoms with E-state index in [1.54, 1.807) is 12.1 Å². The minimum atomic E-state index is -3.45. The summed E-state index contributed by atoms with van der Waals surface area (Å²) in [5.41, 5.74) is 2.35. The van der Waals surface area contributed by atoms with Gasteiger partial charge in [0.1, 0.15) is 0 Å². The summed E-state index contributed by atoms with van der Waals surface area (Å²) in [6, 6.07) is 13.9. The summed E-state index contributed by atoms with van der Waals surface area (Å²) < 4.78 is 26.5. The topological polar surface area (TPSA) is 66.5 Å². The zero-order valence-electron chi connectivity index (χ0n) is 15.1. The van der Waals surface area contributed by atoms with Crippen molar-refractivity contribution >= 4 is 21.6 Å². The average Bonchev–Trinajstić information content (AvgIpc) is 3.18. The molecule has 1 heterocycles. The van der Waals surface area contributed by atoms with E-state index >= 15 is 0 Å². The van der Waals surface area contributed by atoms with Crippen molar-refractivity contribution in [1.29, 1.82) is 0 Å². The quantitative estimate of drug-likeness (QED) is 0.867. The van der Waals surface area contributed by atoms with Crippen molar-refractivity contribution in [3.8, 4) is 0 Å². The Hall–Kier alpha value is -2.18. The molecule has 0 aliphatic carbocycles. The number of anilines is 1. The van der Waals surface area contributed by atoms with Crippen LogP contribution in [0, 0.1) is 0 Å². The number of carbonyl (C=O) groups excluding carboxylic acids is 1. The van der Waals surface area contributed by atoms with Crippen molar-refractivity contribution in [2.75, 3.05) is 18.4 Å². The number of rotatable bonds is 5. The van der Waals surface area contributed by atoms with E-state index in [4.69, 9.17) is 0 Å². The highest BCUT2D eigenvalue weighted by Crippen LogP contribution is 2.22. The van der Waals surface area contributed by atoms with Crippen LogP contribution in [0.25, 0.3) is 0 Å².